The van der Waals surface area contributed by atoms with Crippen LogP contribution in [-0.4, -0.2) is 39.2 Å². The highest BCUT2D eigenvalue weighted by Gasteiger charge is 2.16. The zero-order valence-electron chi connectivity index (χ0n) is 12.8. The molecule has 0 aromatic heterocycles. The van der Waals surface area contributed by atoms with Crippen LogP contribution in [0.1, 0.15) is 31.9 Å². The summed E-state index contributed by atoms with van der Waals surface area (Å²) in [5.41, 5.74) is 2.89. The Morgan fingerprint density at radius 2 is 1.75 bits per heavy atom. The first-order chi connectivity index (χ1) is 9.44. The van der Waals surface area contributed by atoms with Crippen LogP contribution in [0.4, 0.5) is 0 Å². The quantitative estimate of drug-likeness (QED) is 0.923. The van der Waals surface area contributed by atoms with Crippen LogP contribution in [0.5, 0.6) is 0 Å². The SMILES string of the molecule is CC(C)(C)NCc1ccccc1CN1CCS(=O)CC1. The number of nitrogens with zero attached hydrogens (tertiary/aromatic N) is 1. The van der Waals surface area contributed by atoms with Gasteiger partial charge in [-0.3, -0.25) is 9.11 Å². The largest absolute Gasteiger partial charge is 0.308 e. The van der Waals surface area contributed by atoms with Gasteiger partial charge in [-0.15, -0.1) is 0 Å². The lowest BCUT2D eigenvalue weighted by molar-refractivity contribution is 0.290. The van der Waals surface area contributed by atoms with Crippen molar-refractivity contribution in [3.05, 3.63) is 35.4 Å². The van der Waals surface area contributed by atoms with Crippen molar-refractivity contribution in [1.82, 2.24) is 10.2 Å². The molecule has 20 heavy (non-hydrogen) atoms. The van der Waals surface area contributed by atoms with E-state index in [0.29, 0.717) is 0 Å². The van der Waals surface area contributed by atoms with Crippen LogP contribution < -0.4 is 5.32 Å². The zero-order valence-corrected chi connectivity index (χ0v) is 13.6. The predicted molar refractivity (Wildman–Crippen MR) is 86.2 cm³/mol. The Morgan fingerprint density at radius 3 is 2.35 bits per heavy atom. The number of benzene rings is 1. The third-order valence-electron chi connectivity index (χ3n) is 3.59. The first kappa shape index (κ1) is 15.7. The minimum atomic E-state index is -0.593. The summed E-state index contributed by atoms with van der Waals surface area (Å²) in [7, 11) is -0.593. The molecule has 2 rings (SSSR count). The van der Waals surface area contributed by atoms with Crippen molar-refractivity contribution in [3.8, 4) is 0 Å². The minimum absolute atomic E-state index is 0.134. The van der Waals surface area contributed by atoms with Gasteiger partial charge in [0.05, 0.1) is 0 Å². The summed E-state index contributed by atoms with van der Waals surface area (Å²) in [4.78, 5) is 2.41. The molecular weight excluding hydrogens is 268 g/mol. The summed E-state index contributed by atoms with van der Waals surface area (Å²) in [6.07, 6.45) is 0. The maximum Gasteiger partial charge on any atom is 0.0363 e. The van der Waals surface area contributed by atoms with Crippen molar-refractivity contribution in [2.24, 2.45) is 0 Å². The molecule has 0 spiro atoms. The average Bonchev–Trinajstić information content (AvgIpc) is 2.39. The summed E-state index contributed by atoms with van der Waals surface area (Å²) in [5.74, 6) is 1.64. The molecule has 0 atom stereocenters. The molecule has 4 heteroatoms. The van der Waals surface area contributed by atoms with Gasteiger partial charge in [-0.25, -0.2) is 0 Å². The fourth-order valence-electron chi connectivity index (χ4n) is 2.32. The second kappa shape index (κ2) is 6.83. The van der Waals surface area contributed by atoms with Gasteiger partial charge in [-0.2, -0.15) is 0 Å². The first-order valence-electron chi connectivity index (χ1n) is 7.33. The molecule has 0 radical (unpaired) electrons. The molecule has 1 fully saturated rings. The molecule has 1 heterocycles. The Hall–Kier alpha value is -0.710. The maximum atomic E-state index is 11.4. The molecule has 0 amide bonds. The Labute approximate surface area is 125 Å². The molecule has 1 aliphatic heterocycles. The van der Waals surface area contributed by atoms with Crippen molar-refractivity contribution in [2.45, 2.75) is 39.4 Å². The van der Waals surface area contributed by atoms with E-state index in [9.17, 15) is 4.21 Å². The molecule has 1 aromatic carbocycles. The number of hydrogen-bond acceptors (Lipinski definition) is 3. The molecule has 0 aliphatic carbocycles. The Balaban J connectivity index is 1.98. The van der Waals surface area contributed by atoms with E-state index in [-0.39, 0.29) is 5.54 Å². The molecule has 112 valence electrons. The summed E-state index contributed by atoms with van der Waals surface area (Å²) in [6.45, 7) is 10.3. The maximum absolute atomic E-state index is 11.4. The van der Waals surface area contributed by atoms with Crippen molar-refractivity contribution < 1.29 is 4.21 Å². The van der Waals surface area contributed by atoms with Crippen LogP contribution in [0, 0.1) is 0 Å². The molecule has 0 unspecified atom stereocenters. The molecule has 0 bridgehead atoms. The fourth-order valence-corrected chi connectivity index (χ4v) is 3.45. The zero-order chi connectivity index (χ0) is 14.6. The Morgan fingerprint density at radius 1 is 1.15 bits per heavy atom. The smallest absolute Gasteiger partial charge is 0.0363 e. The lowest BCUT2D eigenvalue weighted by Gasteiger charge is -2.27. The van der Waals surface area contributed by atoms with Crippen LogP contribution in [0.2, 0.25) is 0 Å². The van der Waals surface area contributed by atoms with E-state index in [1.807, 2.05) is 0 Å². The van der Waals surface area contributed by atoms with Crippen molar-refractivity contribution in [3.63, 3.8) is 0 Å². The summed E-state index contributed by atoms with van der Waals surface area (Å²) in [5, 5.41) is 3.56. The third kappa shape index (κ3) is 5.00. The van der Waals surface area contributed by atoms with Crippen molar-refractivity contribution in [1.29, 1.82) is 0 Å². The van der Waals surface area contributed by atoms with Crippen LogP contribution in [-0.2, 0) is 23.9 Å². The standard InChI is InChI=1S/C16H26N2OS/c1-16(2,3)17-12-14-6-4-5-7-15(14)13-18-8-10-20(19)11-9-18/h4-7,17H,8-13H2,1-3H3. The monoisotopic (exact) mass is 294 g/mol. The molecule has 0 saturated carbocycles. The number of hydrogen-bond donors (Lipinski definition) is 1. The second-order valence-electron chi connectivity index (χ2n) is 6.50. The summed E-state index contributed by atoms with van der Waals surface area (Å²) in [6, 6.07) is 8.63. The second-order valence-corrected chi connectivity index (χ2v) is 8.19. The average molecular weight is 294 g/mol. The van der Waals surface area contributed by atoms with Gasteiger partial charge >= 0.3 is 0 Å². The van der Waals surface area contributed by atoms with Gasteiger partial charge in [-0.05, 0) is 31.9 Å². The lowest BCUT2D eigenvalue weighted by Crippen LogP contribution is -2.38. The topological polar surface area (TPSA) is 32.3 Å². The van der Waals surface area contributed by atoms with Crippen LogP contribution in [0.25, 0.3) is 0 Å². The highest BCUT2D eigenvalue weighted by Crippen LogP contribution is 2.14. The molecule has 1 saturated heterocycles. The highest BCUT2D eigenvalue weighted by molar-refractivity contribution is 7.85. The van der Waals surface area contributed by atoms with E-state index >= 15 is 0 Å². The van der Waals surface area contributed by atoms with E-state index in [4.69, 9.17) is 0 Å². The highest BCUT2D eigenvalue weighted by atomic mass is 32.2. The van der Waals surface area contributed by atoms with Gasteiger partial charge < -0.3 is 5.32 Å². The molecule has 1 aliphatic rings. The minimum Gasteiger partial charge on any atom is -0.308 e. The molecule has 1 N–H and O–H groups in total. The molecular formula is C16H26N2OS. The predicted octanol–water partition coefficient (Wildman–Crippen LogP) is 2.14. The molecule has 1 aromatic rings. The summed E-state index contributed by atoms with van der Waals surface area (Å²) < 4.78 is 11.4. The fraction of sp³-hybridized carbons (Fsp3) is 0.625. The molecule has 3 nitrogen and oxygen atoms in total. The van der Waals surface area contributed by atoms with E-state index in [2.05, 4.69) is 55.3 Å². The van der Waals surface area contributed by atoms with Gasteiger partial charge in [0.1, 0.15) is 0 Å². The first-order valence-corrected chi connectivity index (χ1v) is 8.82. The van der Waals surface area contributed by atoms with Crippen LogP contribution >= 0.6 is 0 Å². The van der Waals surface area contributed by atoms with E-state index in [1.54, 1.807) is 0 Å². The van der Waals surface area contributed by atoms with Crippen LogP contribution in [0.15, 0.2) is 24.3 Å². The van der Waals surface area contributed by atoms with Gasteiger partial charge in [-0.1, -0.05) is 24.3 Å². The third-order valence-corrected chi connectivity index (χ3v) is 4.87. The van der Waals surface area contributed by atoms with E-state index in [0.717, 1.165) is 37.7 Å². The van der Waals surface area contributed by atoms with E-state index in [1.165, 1.54) is 11.1 Å². The Kier molecular flexibility index (Phi) is 5.35. The van der Waals surface area contributed by atoms with Gasteiger partial charge in [0.2, 0.25) is 0 Å². The van der Waals surface area contributed by atoms with Gasteiger partial charge in [0, 0.05) is 54.0 Å². The summed E-state index contributed by atoms with van der Waals surface area (Å²) >= 11 is 0. The normalized spacial score (nSPS) is 18.4. The number of nitrogens with one attached hydrogen (secondary N) is 1. The lowest BCUT2D eigenvalue weighted by atomic mass is 10.0. The van der Waals surface area contributed by atoms with Crippen molar-refractivity contribution >= 4 is 10.8 Å². The van der Waals surface area contributed by atoms with Crippen LogP contribution in [0.3, 0.4) is 0 Å². The van der Waals surface area contributed by atoms with Gasteiger partial charge in [0.25, 0.3) is 0 Å². The Bertz CT molecular complexity index is 458. The van der Waals surface area contributed by atoms with E-state index < -0.39 is 10.8 Å². The van der Waals surface area contributed by atoms with Crippen molar-refractivity contribution in [2.75, 3.05) is 24.6 Å². The number of rotatable bonds is 4. The van der Waals surface area contributed by atoms with Gasteiger partial charge in [0.15, 0.2) is 0 Å².